The van der Waals surface area contributed by atoms with Gasteiger partial charge in [-0.1, -0.05) is 123 Å². The molecule has 2 aliphatic rings. The number of hydrogen-bond acceptors (Lipinski definition) is 17. The van der Waals surface area contributed by atoms with Gasteiger partial charge in [0.05, 0.1) is 48.4 Å². The first-order chi connectivity index (χ1) is 43.0. The number of aliphatic hydroxyl groups is 2. The van der Waals surface area contributed by atoms with Gasteiger partial charge in [0, 0.05) is 47.4 Å². The first kappa shape index (κ1) is 79.8. The third-order valence-corrected chi connectivity index (χ3v) is 15.8. The predicted molar refractivity (Wildman–Crippen MR) is 346 cm³/mol. The van der Waals surface area contributed by atoms with Crippen LogP contribution in [0.4, 0.5) is 0 Å². The third-order valence-electron chi connectivity index (χ3n) is 15.5. The number of benzene rings is 4. The summed E-state index contributed by atoms with van der Waals surface area (Å²) in [6.07, 6.45) is 4.19. The van der Waals surface area contributed by atoms with Crippen molar-refractivity contribution in [1.82, 2.24) is 52.1 Å². The maximum absolute atomic E-state index is 13.3. The molecule has 0 unspecified atom stereocenters. The molecular weight excluding hydrogens is 1260 g/mol. The number of aliphatic carboxylic acids is 1. The average Bonchev–Trinajstić information content (AvgIpc) is 0.842. The van der Waals surface area contributed by atoms with E-state index in [2.05, 4.69) is 42.1 Å². The van der Waals surface area contributed by atoms with Crippen LogP contribution in [0.15, 0.2) is 109 Å². The van der Waals surface area contributed by atoms with E-state index >= 15 is 0 Å². The van der Waals surface area contributed by atoms with Crippen molar-refractivity contribution >= 4 is 104 Å². The van der Waals surface area contributed by atoms with Gasteiger partial charge in [0.1, 0.15) is 36.8 Å². The molecule has 2 saturated heterocycles. The standard InChI is InChI=1S/C34H40Cl3N5O6.C32H39N5O6.2Li.H2O/c1-19(2)30(31(45)39-20(3)32(46)42-12-6-9-27(41-42)33(47)48-18-34(35,36)37)40-29(44)14-22-7-5-8-24(13-22)28-16-26-15-23(21(4)43)10-11-25(26)17-38-28;1-18(2)29(30(40)34-19(3)31(41)37-12-6-9-26(36-37)32(42)43)35-28(39)14-21-7-5-8-23(13-21)27-16-25-15-22(20(4)38)10-11-24(25)17-33-27;;;/h5,7-8,10-11,13,15-17,19-21,27,30,41,43H,6,9,12,14,18H2,1-4H3,(H,39,45)(H,40,44);5,7-8,10-11,13,15-20,26,29,36,38H,6,9,12,14H2,1-4H3,(H,34,40)(H,35,39)(H,42,43);;;1H2/q;;2*+1;/p-2/t20-,21+,27-,30-;19-,20+,26-,29-;;;/m00.../s1. The number of carbonyl (C=O) groups excluding carboxylic acids is 8. The van der Waals surface area contributed by atoms with Crippen molar-refractivity contribution in [3.63, 3.8) is 0 Å². The number of hydrogen-bond donors (Lipinski definition) is 8. The summed E-state index contributed by atoms with van der Waals surface area (Å²) in [5, 5.41) is 48.3. The zero-order valence-electron chi connectivity index (χ0n) is 54.4. The number of carbonyl (C=O) groups is 8. The van der Waals surface area contributed by atoms with Crippen LogP contribution in [0.2, 0.25) is 0 Å². The minimum Gasteiger partial charge on any atom is -0.870 e. The molecule has 8 rings (SSSR count). The van der Waals surface area contributed by atoms with Crippen LogP contribution in [0.5, 0.6) is 0 Å². The van der Waals surface area contributed by atoms with Gasteiger partial charge >= 0.3 is 43.7 Å². The number of hydrazine groups is 2. The van der Waals surface area contributed by atoms with Crippen LogP contribution in [0.1, 0.15) is 116 Å². The van der Waals surface area contributed by atoms with Crippen LogP contribution in [0, 0.1) is 11.8 Å². The molecule has 2 aromatic heterocycles. The molecule has 0 aliphatic carbocycles. The molecule has 28 heteroatoms. The van der Waals surface area contributed by atoms with Crippen LogP contribution < -0.4 is 74.9 Å². The van der Waals surface area contributed by atoms with Crippen molar-refractivity contribution in [1.29, 1.82) is 0 Å². The first-order valence-corrected chi connectivity index (χ1v) is 31.3. The Morgan fingerprint density at radius 1 is 0.585 bits per heavy atom. The number of nitrogens with zero attached hydrogens (tertiary/aromatic N) is 4. The number of halogens is 3. The third kappa shape index (κ3) is 22.7. The number of ether oxygens (including phenoxy) is 1. The van der Waals surface area contributed by atoms with Crippen molar-refractivity contribution in [3.8, 4) is 22.5 Å². The summed E-state index contributed by atoms with van der Waals surface area (Å²) in [6, 6.07) is 24.8. The number of amides is 6. The maximum atomic E-state index is 13.3. The van der Waals surface area contributed by atoms with E-state index in [-0.39, 0.29) is 79.7 Å². The molecule has 494 valence electrons. The fourth-order valence-corrected chi connectivity index (χ4v) is 10.6. The van der Waals surface area contributed by atoms with E-state index in [4.69, 9.17) is 39.5 Å². The van der Waals surface area contributed by atoms with Gasteiger partial charge in [0.15, 0.2) is 0 Å². The molecule has 0 spiro atoms. The summed E-state index contributed by atoms with van der Waals surface area (Å²) in [5.41, 5.74) is 11.6. The van der Waals surface area contributed by atoms with E-state index in [1.165, 1.54) is 23.9 Å². The molecule has 6 amide bonds. The Bertz CT molecular complexity index is 3640. The molecule has 2 fully saturated rings. The number of rotatable bonds is 21. The molecule has 23 nitrogen and oxygen atoms in total. The molecule has 4 heterocycles. The largest absolute Gasteiger partial charge is 1.00 e. The van der Waals surface area contributed by atoms with Gasteiger partial charge in [0.2, 0.25) is 27.4 Å². The van der Waals surface area contributed by atoms with Crippen molar-refractivity contribution in [2.24, 2.45) is 11.8 Å². The van der Waals surface area contributed by atoms with Crippen LogP contribution >= 0.6 is 34.8 Å². The summed E-state index contributed by atoms with van der Waals surface area (Å²) < 4.78 is 3.28. The molecule has 4 aromatic carbocycles. The van der Waals surface area contributed by atoms with Crippen LogP contribution in [-0.2, 0) is 55.9 Å². The molecular formula is C66H79Cl3Li2N10O13. The number of aromatic nitrogens is 2. The summed E-state index contributed by atoms with van der Waals surface area (Å²) >= 11 is 17.0. The number of carboxylic acid groups (broad SMARTS) is 1. The Hall–Kier alpha value is -6.68. The second-order valence-corrected chi connectivity index (χ2v) is 26.2. The molecule has 8 atom stereocenters. The Morgan fingerprint density at radius 2 is 0.989 bits per heavy atom. The van der Waals surface area contributed by atoms with Crippen molar-refractivity contribution in [3.05, 3.63) is 132 Å². The summed E-state index contributed by atoms with van der Waals surface area (Å²) in [6.45, 7) is 13.9. The van der Waals surface area contributed by atoms with E-state index in [0.29, 0.717) is 38.8 Å². The average molecular weight is 1340 g/mol. The number of nitrogens with one attached hydrogen (secondary N) is 6. The van der Waals surface area contributed by atoms with E-state index in [1.54, 1.807) is 53.9 Å². The van der Waals surface area contributed by atoms with Gasteiger partial charge in [-0.3, -0.25) is 53.5 Å². The van der Waals surface area contributed by atoms with Crippen LogP contribution in [-0.4, -0.2) is 143 Å². The van der Waals surface area contributed by atoms with Crippen LogP contribution in [0.25, 0.3) is 44.1 Å². The first-order valence-electron chi connectivity index (χ1n) is 30.2. The summed E-state index contributed by atoms with van der Waals surface area (Å²) in [7, 11) is 0. The molecule has 9 N–H and O–H groups in total. The predicted octanol–water partition coefficient (Wildman–Crippen LogP) is -0.228. The smallest absolute Gasteiger partial charge is 0.870 e. The number of alkyl halides is 3. The molecule has 0 radical (unpaired) electrons. The maximum Gasteiger partial charge on any atom is 1.00 e. The number of fused-ring (bicyclic) bond motifs is 2. The Morgan fingerprint density at radius 3 is 1.37 bits per heavy atom. The topological polar surface area (TPSA) is 344 Å². The van der Waals surface area contributed by atoms with Gasteiger partial charge in [-0.05, 0) is 135 Å². The quantitative estimate of drug-likeness (QED) is 0.0262. The normalized spacial score (nSPS) is 16.6. The second kappa shape index (κ2) is 36.4. The van der Waals surface area contributed by atoms with Gasteiger partial charge in [-0.2, -0.15) is 0 Å². The van der Waals surface area contributed by atoms with Gasteiger partial charge in [0.25, 0.3) is 11.8 Å². The zero-order valence-corrected chi connectivity index (χ0v) is 56.6. The number of carboxylic acids is 1. The molecule has 94 heavy (non-hydrogen) atoms. The van der Waals surface area contributed by atoms with Crippen molar-refractivity contribution < 1.29 is 102 Å². The van der Waals surface area contributed by atoms with Crippen molar-refractivity contribution in [2.75, 3.05) is 19.7 Å². The summed E-state index contributed by atoms with van der Waals surface area (Å²) in [5.74, 6) is -5.17. The fraction of sp³-hybridized carbons (Fsp3) is 0.424. The second-order valence-electron chi connectivity index (χ2n) is 23.7. The fourth-order valence-electron chi connectivity index (χ4n) is 10.4. The van der Waals surface area contributed by atoms with E-state index in [0.717, 1.165) is 66.3 Å². The van der Waals surface area contributed by atoms with Gasteiger partial charge in [-0.25, -0.2) is 10.9 Å². The number of aliphatic hydroxyl groups excluding tert-OH is 2. The summed E-state index contributed by atoms with van der Waals surface area (Å²) in [4.78, 5) is 111. The SMILES string of the molecule is CC(C)[C@H](NC(=O)Cc1cccc(-c2cc3cc([C@@H](C)O)ccc3cn2)c1)C(=O)N[C@@H](C)C(=O)N1CCC[C@@H](C(=O)OCC(Cl)(Cl)Cl)N1.CC(C)[C@H](NC(=O)Cc1cccc(-c2cc3cc([C@@H](C)O)ccc3cn2)c1)C(=O)N[C@@H](C)C(=O)N1CCC[C@@H](C(=O)[O-])N1.[Li+].[Li+].[OH-]. The number of esters is 1. The van der Waals surface area contributed by atoms with E-state index < -0.39 is 94.4 Å². The Balaban J connectivity index is 0.000000390. The Labute approximate surface area is 585 Å². The molecule has 6 aromatic rings. The van der Waals surface area contributed by atoms with E-state index in [9.17, 15) is 53.7 Å². The minimum absolute atomic E-state index is 0. The minimum atomic E-state index is -1.76. The van der Waals surface area contributed by atoms with Crippen molar-refractivity contribution in [2.45, 2.75) is 146 Å². The van der Waals surface area contributed by atoms with Gasteiger partial charge in [-0.15, -0.1) is 0 Å². The van der Waals surface area contributed by atoms with Crippen LogP contribution in [0.3, 0.4) is 0 Å². The molecule has 2 aliphatic heterocycles. The van der Waals surface area contributed by atoms with Gasteiger partial charge < -0.3 is 51.6 Å². The monoisotopic (exact) mass is 1340 g/mol. The van der Waals surface area contributed by atoms with E-state index in [1.807, 2.05) is 97.1 Å². The zero-order chi connectivity index (χ0) is 66.4. The molecule has 0 saturated carbocycles. The Kier molecular flexibility index (Phi) is 30.9. The number of pyridine rings is 2. The molecule has 0 bridgehead atoms.